The Morgan fingerprint density at radius 1 is 1.16 bits per heavy atom. The van der Waals surface area contributed by atoms with Gasteiger partial charge in [-0.1, -0.05) is 40.2 Å². The van der Waals surface area contributed by atoms with Crippen molar-refractivity contribution in [1.29, 1.82) is 0 Å². The third-order valence-corrected chi connectivity index (χ3v) is 5.44. The minimum absolute atomic E-state index is 0.00488. The molecule has 0 heterocycles. The Balaban J connectivity index is 1.69. The number of likely N-dealkylation sites (N-methyl/N-ethyl adjacent to an activating group) is 1. The van der Waals surface area contributed by atoms with Crippen molar-refractivity contribution in [2.45, 2.75) is 24.3 Å². The zero-order valence-electron chi connectivity index (χ0n) is 14.4. The topological polar surface area (TPSA) is 32.3 Å². The largest absolute Gasteiger partial charge is 0.353 e. The van der Waals surface area contributed by atoms with Crippen LogP contribution >= 0.6 is 15.9 Å². The van der Waals surface area contributed by atoms with Gasteiger partial charge in [0.05, 0.1) is 11.5 Å². The van der Waals surface area contributed by atoms with Crippen LogP contribution in [0.3, 0.4) is 0 Å². The highest BCUT2D eigenvalue weighted by Gasteiger charge is 2.51. The molecule has 2 aromatic carbocycles. The van der Waals surface area contributed by atoms with Gasteiger partial charge in [-0.15, -0.1) is 0 Å². The smallest absolute Gasteiger partial charge is 0.230 e. The Morgan fingerprint density at radius 2 is 1.76 bits per heavy atom. The third-order valence-electron chi connectivity index (χ3n) is 4.92. The molecule has 1 unspecified atom stereocenters. The number of carbonyl (C=O) groups excluding carboxylic acids is 1. The van der Waals surface area contributed by atoms with Gasteiger partial charge in [0.15, 0.2) is 0 Å². The summed E-state index contributed by atoms with van der Waals surface area (Å²) in [5.74, 6) is -0.179. The van der Waals surface area contributed by atoms with E-state index in [0.29, 0.717) is 6.54 Å². The number of amides is 1. The van der Waals surface area contributed by atoms with E-state index in [0.717, 1.165) is 28.4 Å². The molecule has 0 radical (unpaired) electrons. The third kappa shape index (κ3) is 3.93. The van der Waals surface area contributed by atoms with Crippen molar-refractivity contribution in [2.24, 2.45) is 0 Å². The summed E-state index contributed by atoms with van der Waals surface area (Å²) in [5, 5.41) is 3.11. The fourth-order valence-electron chi connectivity index (χ4n) is 3.18. The van der Waals surface area contributed by atoms with Crippen molar-refractivity contribution >= 4 is 21.8 Å². The van der Waals surface area contributed by atoms with Crippen molar-refractivity contribution in [3.63, 3.8) is 0 Å². The molecule has 25 heavy (non-hydrogen) atoms. The van der Waals surface area contributed by atoms with Crippen LogP contribution in [0.1, 0.15) is 30.0 Å². The number of carbonyl (C=O) groups is 1. The van der Waals surface area contributed by atoms with Crippen molar-refractivity contribution in [3.05, 3.63) is 69.9 Å². The van der Waals surface area contributed by atoms with Gasteiger partial charge in [0.1, 0.15) is 5.82 Å². The number of nitrogens with zero attached hydrogens (tertiary/aromatic N) is 1. The molecule has 3 rings (SSSR count). The molecule has 1 aliphatic carbocycles. The van der Waals surface area contributed by atoms with Gasteiger partial charge in [-0.05, 0) is 62.3 Å². The first-order valence-electron chi connectivity index (χ1n) is 8.39. The molecule has 1 aliphatic rings. The number of hydrogen-bond acceptors (Lipinski definition) is 2. The normalized spacial score (nSPS) is 16.5. The van der Waals surface area contributed by atoms with Crippen LogP contribution in [0.2, 0.25) is 0 Å². The van der Waals surface area contributed by atoms with Crippen LogP contribution in [0.25, 0.3) is 0 Å². The molecule has 0 aromatic heterocycles. The zero-order chi connectivity index (χ0) is 18.0. The number of rotatable bonds is 6. The minimum atomic E-state index is -0.389. The molecule has 2 aromatic rings. The summed E-state index contributed by atoms with van der Waals surface area (Å²) >= 11 is 3.43. The van der Waals surface area contributed by atoms with Gasteiger partial charge in [-0.25, -0.2) is 4.39 Å². The first-order chi connectivity index (χ1) is 11.9. The Hall–Kier alpha value is -1.72. The van der Waals surface area contributed by atoms with Crippen LogP contribution in [0.5, 0.6) is 0 Å². The first kappa shape index (κ1) is 18.1. The second kappa shape index (κ2) is 7.26. The lowest BCUT2D eigenvalue weighted by molar-refractivity contribution is -0.123. The van der Waals surface area contributed by atoms with Gasteiger partial charge in [-0.2, -0.15) is 0 Å². The van der Waals surface area contributed by atoms with E-state index in [1.54, 1.807) is 12.1 Å². The van der Waals surface area contributed by atoms with Crippen molar-refractivity contribution in [1.82, 2.24) is 10.2 Å². The zero-order valence-corrected chi connectivity index (χ0v) is 16.0. The predicted molar refractivity (Wildman–Crippen MR) is 101 cm³/mol. The van der Waals surface area contributed by atoms with E-state index < -0.39 is 0 Å². The van der Waals surface area contributed by atoms with Gasteiger partial charge in [0.25, 0.3) is 0 Å². The molecule has 3 nitrogen and oxygen atoms in total. The monoisotopic (exact) mass is 404 g/mol. The summed E-state index contributed by atoms with van der Waals surface area (Å²) in [5.41, 5.74) is 1.66. The Bertz CT molecular complexity index is 739. The standard InChI is InChI=1S/C20H22BrFN2O/c1-24(2)18(14-3-9-17(22)10-4-14)13-23-19(25)20(11-12-20)15-5-7-16(21)8-6-15/h3-10,18H,11-13H2,1-2H3,(H,23,25). The molecule has 1 fully saturated rings. The fourth-order valence-corrected chi connectivity index (χ4v) is 3.45. The lowest BCUT2D eigenvalue weighted by Crippen LogP contribution is -2.40. The highest BCUT2D eigenvalue weighted by atomic mass is 79.9. The second-order valence-electron chi connectivity index (χ2n) is 6.83. The Kier molecular flexibility index (Phi) is 5.25. The quantitative estimate of drug-likeness (QED) is 0.787. The van der Waals surface area contributed by atoms with E-state index in [-0.39, 0.29) is 23.2 Å². The van der Waals surface area contributed by atoms with E-state index in [4.69, 9.17) is 0 Å². The summed E-state index contributed by atoms with van der Waals surface area (Å²) in [6.45, 7) is 0.496. The van der Waals surface area contributed by atoms with Gasteiger partial charge in [-0.3, -0.25) is 4.79 Å². The van der Waals surface area contributed by atoms with Crippen molar-refractivity contribution in [2.75, 3.05) is 20.6 Å². The van der Waals surface area contributed by atoms with Crippen LogP contribution in [-0.2, 0) is 10.2 Å². The van der Waals surface area contributed by atoms with E-state index >= 15 is 0 Å². The maximum absolute atomic E-state index is 13.2. The molecule has 0 saturated heterocycles. The van der Waals surface area contributed by atoms with Gasteiger partial charge >= 0.3 is 0 Å². The van der Waals surface area contributed by atoms with E-state index in [9.17, 15) is 9.18 Å². The number of halogens is 2. The van der Waals surface area contributed by atoms with E-state index in [1.807, 2.05) is 43.3 Å². The molecule has 1 amide bonds. The lowest BCUT2D eigenvalue weighted by atomic mass is 9.95. The fraction of sp³-hybridized carbons (Fsp3) is 0.350. The molecule has 0 aliphatic heterocycles. The van der Waals surface area contributed by atoms with Crippen LogP contribution < -0.4 is 5.32 Å². The molecule has 1 N–H and O–H groups in total. The SMILES string of the molecule is CN(C)C(CNC(=O)C1(c2ccc(Br)cc2)CC1)c1ccc(F)cc1. The highest BCUT2D eigenvalue weighted by molar-refractivity contribution is 9.10. The van der Waals surface area contributed by atoms with Gasteiger partial charge < -0.3 is 10.2 Å². The van der Waals surface area contributed by atoms with Crippen molar-refractivity contribution in [3.8, 4) is 0 Å². The predicted octanol–water partition coefficient (Wildman–Crippen LogP) is 4.04. The van der Waals surface area contributed by atoms with Crippen LogP contribution in [0.4, 0.5) is 4.39 Å². The number of benzene rings is 2. The number of nitrogens with one attached hydrogen (secondary N) is 1. The molecular weight excluding hydrogens is 383 g/mol. The molecule has 0 bridgehead atoms. The van der Waals surface area contributed by atoms with Gasteiger partial charge in [0.2, 0.25) is 5.91 Å². The molecule has 1 saturated carbocycles. The average Bonchev–Trinajstić information content (AvgIpc) is 3.39. The highest BCUT2D eigenvalue weighted by Crippen LogP contribution is 2.48. The summed E-state index contributed by atoms with van der Waals surface area (Å²) in [7, 11) is 3.92. The average molecular weight is 405 g/mol. The summed E-state index contributed by atoms with van der Waals surface area (Å²) in [6, 6.07) is 14.4. The molecule has 0 spiro atoms. The molecule has 5 heteroatoms. The van der Waals surface area contributed by atoms with Crippen LogP contribution in [0, 0.1) is 5.82 Å². The summed E-state index contributed by atoms with van der Waals surface area (Å²) in [6.07, 6.45) is 1.76. The minimum Gasteiger partial charge on any atom is -0.353 e. The molecule has 132 valence electrons. The first-order valence-corrected chi connectivity index (χ1v) is 9.18. The summed E-state index contributed by atoms with van der Waals surface area (Å²) < 4.78 is 14.2. The van der Waals surface area contributed by atoms with Crippen LogP contribution in [-0.4, -0.2) is 31.4 Å². The Labute approximate surface area is 156 Å². The molecule has 1 atom stereocenters. The lowest BCUT2D eigenvalue weighted by Gasteiger charge is -2.26. The maximum Gasteiger partial charge on any atom is 0.230 e. The van der Waals surface area contributed by atoms with E-state index in [1.165, 1.54) is 12.1 Å². The Morgan fingerprint density at radius 3 is 2.28 bits per heavy atom. The maximum atomic E-state index is 13.2. The molecular formula is C20H22BrFN2O. The van der Waals surface area contributed by atoms with Crippen molar-refractivity contribution < 1.29 is 9.18 Å². The van der Waals surface area contributed by atoms with Crippen LogP contribution in [0.15, 0.2) is 53.0 Å². The van der Waals surface area contributed by atoms with E-state index in [2.05, 4.69) is 21.2 Å². The summed E-state index contributed by atoms with van der Waals surface area (Å²) in [4.78, 5) is 14.9. The number of hydrogen-bond donors (Lipinski definition) is 1. The van der Waals surface area contributed by atoms with Gasteiger partial charge in [0, 0.05) is 11.0 Å². The second-order valence-corrected chi connectivity index (χ2v) is 7.75.